The van der Waals surface area contributed by atoms with Gasteiger partial charge in [0.25, 0.3) is 0 Å². The van der Waals surface area contributed by atoms with E-state index in [1.807, 2.05) is 0 Å². The minimum atomic E-state index is -1.43. The quantitative estimate of drug-likeness (QED) is 0.177. The molecule has 2 rings (SSSR count). The van der Waals surface area contributed by atoms with Crippen LogP contribution >= 0.6 is 12.2 Å². The van der Waals surface area contributed by atoms with Gasteiger partial charge >= 0.3 is 23.9 Å². The minimum absolute atomic E-state index is 0.124. The fourth-order valence-electron chi connectivity index (χ4n) is 4.81. The number of hydrogen-bond acceptors (Lipinski definition) is 11. The van der Waals surface area contributed by atoms with Crippen LogP contribution in [0.3, 0.4) is 0 Å². The van der Waals surface area contributed by atoms with E-state index in [1.54, 1.807) is 43.9 Å². The maximum atomic E-state index is 12.7. The molecule has 0 aromatic rings. The maximum Gasteiger partial charge on any atom is 0.321 e. The molecule has 3 atom stereocenters. The maximum absolute atomic E-state index is 12.7. The highest BCUT2D eigenvalue weighted by molar-refractivity contribution is 7.78. The van der Waals surface area contributed by atoms with Crippen LogP contribution in [0.5, 0.6) is 0 Å². The van der Waals surface area contributed by atoms with Gasteiger partial charge in [-0.1, -0.05) is 18.2 Å². The van der Waals surface area contributed by atoms with Crippen molar-refractivity contribution in [1.82, 2.24) is 19.6 Å². The summed E-state index contributed by atoms with van der Waals surface area (Å²) in [5.41, 5.74) is -1.43. The van der Waals surface area contributed by atoms with Crippen molar-refractivity contribution in [2.75, 3.05) is 79.1 Å². The lowest BCUT2D eigenvalue weighted by Crippen LogP contribution is -2.57. The number of isothiocyanates is 1. The number of thiocarbonyl (C=S) groups is 1. The van der Waals surface area contributed by atoms with Crippen LogP contribution in [0.1, 0.15) is 0 Å². The first-order chi connectivity index (χ1) is 18.5. The van der Waals surface area contributed by atoms with E-state index in [9.17, 15) is 39.6 Å². The summed E-state index contributed by atoms with van der Waals surface area (Å²) in [7, 11) is 1.38. The molecule has 3 unspecified atom stereocenters. The summed E-state index contributed by atoms with van der Waals surface area (Å²) in [6.07, 6.45) is 6.59. The molecule has 0 spiro atoms. The number of allylic oxidation sites excluding steroid dienone is 2. The van der Waals surface area contributed by atoms with E-state index in [-0.39, 0.29) is 72.0 Å². The molecule has 1 heterocycles. The third-order valence-corrected chi connectivity index (χ3v) is 6.82. The van der Waals surface area contributed by atoms with E-state index in [0.717, 1.165) is 0 Å². The standard InChI is InChI=1S/C24H35N5O9S/c1-38-24(25-17-39)5-3-2-4-18(24)22(23(36)37)29-12-10-27(15-20(32)33)8-6-26(14-19(30)31)7-9-28(11-13-29)16-21(34)35/h2-5,18,22H,6-16H2,1H3,(H,30,31)(H,32,33)(H,34,35)(H,36,37). The van der Waals surface area contributed by atoms with Gasteiger partial charge in [0.2, 0.25) is 0 Å². The SMILES string of the molecule is COC1(N=C=S)C=CC=CC1C(C(=O)O)N1CCN(CC(=O)O)CCN(CC(=O)O)CCN(CC(=O)O)CC1. The largest absolute Gasteiger partial charge is 0.480 e. The molecule has 0 aromatic carbocycles. The predicted octanol–water partition coefficient (Wildman–Crippen LogP) is -0.897. The first-order valence-corrected chi connectivity index (χ1v) is 12.7. The minimum Gasteiger partial charge on any atom is -0.480 e. The van der Waals surface area contributed by atoms with Gasteiger partial charge in [0, 0.05) is 59.5 Å². The molecule has 1 fully saturated rings. The van der Waals surface area contributed by atoms with Crippen LogP contribution in [-0.4, -0.2) is 160 Å². The average Bonchev–Trinajstić information content (AvgIpc) is 2.85. The second kappa shape index (κ2) is 15.5. The van der Waals surface area contributed by atoms with Crippen LogP contribution in [-0.2, 0) is 23.9 Å². The summed E-state index contributed by atoms with van der Waals surface area (Å²) in [4.78, 5) is 57.8. The zero-order valence-corrected chi connectivity index (χ0v) is 22.5. The van der Waals surface area contributed by atoms with Gasteiger partial charge in [-0.25, -0.2) is 0 Å². The topological polar surface area (TPSA) is 184 Å². The summed E-state index contributed by atoms with van der Waals surface area (Å²) in [6, 6.07) is -1.19. The molecule has 2 aliphatic rings. The molecule has 0 saturated carbocycles. The van der Waals surface area contributed by atoms with Crippen LogP contribution in [0.2, 0.25) is 0 Å². The fraction of sp³-hybridized carbons (Fsp3) is 0.625. The van der Waals surface area contributed by atoms with Crippen LogP contribution in [0.15, 0.2) is 29.3 Å². The monoisotopic (exact) mass is 569 g/mol. The molecule has 0 bridgehead atoms. The van der Waals surface area contributed by atoms with Crippen LogP contribution in [0, 0.1) is 5.92 Å². The summed E-state index contributed by atoms with van der Waals surface area (Å²) in [5, 5.41) is 40.8. The van der Waals surface area contributed by atoms with Gasteiger partial charge in [-0.2, -0.15) is 4.99 Å². The van der Waals surface area contributed by atoms with Crippen LogP contribution < -0.4 is 0 Å². The van der Waals surface area contributed by atoms with Crippen molar-refractivity contribution in [3.63, 3.8) is 0 Å². The predicted molar refractivity (Wildman–Crippen MR) is 142 cm³/mol. The first kappa shape index (κ1) is 32.2. The highest BCUT2D eigenvalue weighted by atomic mass is 32.1. The molecular weight excluding hydrogens is 534 g/mol. The molecule has 216 valence electrons. The average molecular weight is 570 g/mol. The van der Waals surface area contributed by atoms with E-state index in [2.05, 4.69) is 10.2 Å². The number of nitrogens with zero attached hydrogens (tertiary/aromatic N) is 5. The Morgan fingerprint density at radius 3 is 1.67 bits per heavy atom. The molecule has 39 heavy (non-hydrogen) atoms. The first-order valence-electron chi connectivity index (χ1n) is 12.3. The van der Waals surface area contributed by atoms with E-state index >= 15 is 0 Å². The van der Waals surface area contributed by atoms with Crippen molar-refractivity contribution in [3.05, 3.63) is 24.3 Å². The van der Waals surface area contributed by atoms with Crippen molar-refractivity contribution >= 4 is 41.3 Å². The Kier molecular flexibility index (Phi) is 12.8. The van der Waals surface area contributed by atoms with E-state index < -0.39 is 41.6 Å². The van der Waals surface area contributed by atoms with Gasteiger partial charge < -0.3 is 25.2 Å². The zero-order valence-electron chi connectivity index (χ0n) is 21.7. The fourth-order valence-corrected chi connectivity index (χ4v) is 4.95. The molecule has 1 aliphatic heterocycles. The number of ether oxygens (including phenoxy) is 1. The summed E-state index contributed by atoms with van der Waals surface area (Å²) in [5.74, 6) is -5.21. The van der Waals surface area contributed by atoms with Gasteiger partial charge in [-0.15, -0.1) is 0 Å². The summed E-state index contributed by atoms with van der Waals surface area (Å²) in [6.45, 7) is 0.554. The van der Waals surface area contributed by atoms with E-state index in [4.69, 9.17) is 17.0 Å². The highest BCUT2D eigenvalue weighted by Gasteiger charge is 2.46. The highest BCUT2D eigenvalue weighted by Crippen LogP contribution is 2.34. The number of hydrogen-bond donors (Lipinski definition) is 4. The van der Waals surface area contributed by atoms with Crippen molar-refractivity contribution in [2.45, 2.75) is 11.8 Å². The molecular formula is C24H35N5O9S. The summed E-state index contributed by atoms with van der Waals surface area (Å²) < 4.78 is 5.63. The number of methoxy groups -OCH3 is 1. The van der Waals surface area contributed by atoms with E-state index in [0.29, 0.717) is 0 Å². The molecule has 1 saturated heterocycles. The Labute approximate surface area is 231 Å². The number of aliphatic carboxylic acids is 4. The normalized spacial score (nSPS) is 25.1. The zero-order chi connectivity index (χ0) is 29.0. The molecule has 0 amide bonds. The number of carboxylic acid groups (broad SMARTS) is 4. The van der Waals surface area contributed by atoms with Gasteiger partial charge in [0.15, 0.2) is 5.72 Å². The van der Waals surface area contributed by atoms with Crippen molar-refractivity contribution in [1.29, 1.82) is 0 Å². The molecule has 0 aromatic heterocycles. The van der Waals surface area contributed by atoms with Crippen molar-refractivity contribution in [2.24, 2.45) is 10.9 Å². The summed E-state index contributed by atoms with van der Waals surface area (Å²) >= 11 is 4.80. The molecule has 14 nitrogen and oxygen atoms in total. The third kappa shape index (κ3) is 9.89. The van der Waals surface area contributed by atoms with Gasteiger partial charge in [-0.3, -0.25) is 38.8 Å². The molecule has 15 heteroatoms. The van der Waals surface area contributed by atoms with Gasteiger partial charge in [0.1, 0.15) is 6.04 Å². The Balaban J connectivity index is 2.44. The Morgan fingerprint density at radius 1 is 0.872 bits per heavy atom. The number of carboxylic acids is 4. The Hall–Kier alpha value is -3.04. The molecule has 0 radical (unpaired) electrons. The smallest absolute Gasteiger partial charge is 0.321 e. The molecule has 4 N–H and O–H groups in total. The second-order valence-corrected chi connectivity index (χ2v) is 9.44. The number of rotatable bonds is 11. The van der Waals surface area contributed by atoms with Crippen LogP contribution in [0.4, 0.5) is 0 Å². The van der Waals surface area contributed by atoms with Crippen molar-refractivity contribution in [3.8, 4) is 0 Å². The number of aliphatic imine (C=N–C) groups is 1. The van der Waals surface area contributed by atoms with Crippen molar-refractivity contribution < 1.29 is 44.3 Å². The third-order valence-electron chi connectivity index (χ3n) is 6.72. The van der Waals surface area contributed by atoms with E-state index in [1.165, 1.54) is 7.11 Å². The number of carbonyl (C=O) groups is 4. The second-order valence-electron chi connectivity index (χ2n) is 9.26. The van der Waals surface area contributed by atoms with Gasteiger partial charge in [-0.05, 0) is 18.3 Å². The Bertz CT molecular complexity index is 970. The lowest BCUT2D eigenvalue weighted by atomic mass is 9.84. The molecule has 1 aliphatic carbocycles. The lowest BCUT2D eigenvalue weighted by molar-refractivity contribution is -0.150. The van der Waals surface area contributed by atoms with Gasteiger partial charge in [0.05, 0.1) is 30.7 Å². The van der Waals surface area contributed by atoms with Crippen LogP contribution in [0.25, 0.3) is 0 Å². The Morgan fingerprint density at radius 2 is 1.31 bits per heavy atom. The lowest BCUT2D eigenvalue weighted by Gasteiger charge is -2.42.